The zero-order valence-corrected chi connectivity index (χ0v) is 11.9. The van der Waals surface area contributed by atoms with Crippen molar-refractivity contribution < 1.29 is 0 Å². The van der Waals surface area contributed by atoms with Crippen LogP contribution >= 0.6 is 0 Å². The number of aromatic amines is 1. The van der Waals surface area contributed by atoms with Crippen LogP contribution in [0.4, 0.5) is 11.6 Å². The Morgan fingerprint density at radius 2 is 1.90 bits per heavy atom. The van der Waals surface area contributed by atoms with Gasteiger partial charge in [0.1, 0.15) is 11.6 Å². The SMILES string of the molecule is Cc1nc(Nc2cc(C)[nH]n2)cc(C2CCNCC2)n1. The van der Waals surface area contributed by atoms with E-state index in [-0.39, 0.29) is 0 Å². The van der Waals surface area contributed by atoms with Gasteiger partial charge in [-0.1, -0.05) is 0 Å². The highest BCUT2D eigenvalue weighted by Gasteiger charge is 2.17. The molecule has 1 aliphatic rings. The highest BCUT2D eigenvalue weighted by Crippen LogP contribution is 2.25. The fourth-order valence-electron chi connectivity index (χ4n) is 2.59. The molecule has 6 heteroatoms. The van der Waals surface area contributed by atoms with E-state index < -0.39 is 0 Å². The van der Waals surface area contributed by atoms with Gasteiger partial charge >= 0.3 is 0 Å². The third-order valence-corrected chi connectivity index (χ3v) is 3.58. The number of anilines is 2. The lowest BCUT2D eigenvalue weighted by Crippen LogP contribution is -2.27. The molecule has 0 aliphatic carbocycles. The molecule has 0 bridgehead atoms. The summed E-state index contributed by atoms with van der Waals surface area (Å²) in [5.41, 5.74) is 2.16. The van der Waals surface area contributed by atoms with Crippen LogP contribution in [0.1, 0.15) is 36.0 Å². The predicted octanol–water partition coefficient (Wildman–Crippen LogP) is 2.03. The Morgan fingerprint density at radius 1 is 1.10 bits per heavy atom. The van der Waals surface area contributed by atoms with Crippen molar-refractivity contribution in [2.45, 2.75) is 32.6 Å². The lowest BCUT2D eigenvalue weighted by Gasteiger charge is -2.22. The summed E-state index contributed by atoms with van der Waals surface area (Å²) in [6, 6.07) is 4.01. The smallest absolute Gasteiger partial charge is 0.153 e. The molecule has 0 atom stereocenters. The quantitative estimate of drug-likeness (QED) is 0.797. The Bertz CT molecular complexity index is 585. The van der Waals surface area contributed by atoms with Crippen molar-refractivity contribution in [2.75, 3.05) is 18.4 Å². The van der Waals surface area contributed by atoms with Gasteiger partial charge in [0.25, 0.3) is 0 Å². The largest absolute Gasteiger partial charge is 0.323 e. The molecule has 3 rings (SSSR count). The van der Waals surface area contributed by atoms with Gasteiger partial charge in [0.05, 0.1) is 0 Å². The van der Waals surface area contributed by atoms with Crippen LogP contribution in [0.3, 0.4) is 0 Å². The molecule has 1 fully saturated rings. The van der Waals surface area contributed by atoms with Crippen molar-refractivity contribution in [2.24, 2.45) is 0 Å². The molecule has 0 saturated carbocycles. The third-order valence-electron chi connectivity index (χ3n) is 3.58. The van der Waals surface area contributed by atoms with Crippen molar-refractivity contribution in [3.05, 3.63) is 29.3 Å². The minimum atomic E-state index is 0.527. The first kappa shape index (κ1) is 13.1. The summed E-state index contributed by atoms with van der Waals surface area (Å²) < 4.78 is 0. The van der Waals surface area contributed by atoms with E-state index in [1.54, 1.807) is 0 Å². The number of rotatable bonds is 3. The summed E-state index contributed by atoms with van der Waals surface area (Å²) in [7, 11) is 0. The van der Waals surface area contributed by atoms with Crippen LogP contribution in [0.25, 0.3) is 0 Å². The average Bonchev–Trinajstić information content (AvgIpc) is 2.84. The number of hydrogen-bond donors (Lipinski definition) is 3. The lowest BCUT2D eigenvalue weighted by atomic mass is 9.94. The van der Waals surface area contributed by atoms with Gasteiger partial charge < -0.3 is 10.6 Å². The van der Waals surface area contributed by atoms with Crippen LogP contribution in [0.5, 0.6) is 0 Å². The van der Waals surface area contributed by atoms with Crippen molar-refractivity contribution in [3.8, 4) is 0 Å². The van der Waals surface area contributed by atoms with Crippen molar-refractivity contribution in [1.29, 1.82) is 0 Å². The summed E-state index contributed by atoms with van der Waals surface area (Å²) in [4.78, 5) is 9.04. The molecule has 20 heavy (non-hydrogen) atoms. The number of nitrogens with zero attached hydrogens (tertiary/aromatic N) is 3. The van der Waals surface area contributed by atoms with Crippen LogP contribution in [-0.4, -0.2) is 33.3 Å². The normalized spacial score (nSPS) is 16.3. The summed E-state index contributed by atoms with van der Waals surface area (Å²) in [6.07, 6.45) is 2.27. The highest BCUT2D eigenvalue weighted by atomic mass is 15.2. The van der Waals surface area contributed by atoms with Crippen molar-refractivity contribution >= 4 is 11.6 Å². The zero-order valence-electron chi connectivity index (χ0n) is 11.9. The van der Waals surface area contributed by atoms with E-state index in [1.807, 2.05) is 26.0 Å². The molecule has 0 radical (unpaired) electrons. The summed E-state index contributed by atoms with van der Waals surface area (Å²) in [5, 5.41) is 13.7. The Hall–Kier alpha value is -1.95. The maximum absolute atomic E-state index is 4.60. The minimum Gasteiger partial charge on any atom is -0.323 e. The molecule has 1 aliphatic heterocycles. The van der Waals surface area contributed by atoms with Crippen LogP contribution < -0.4 is 10.6 Å². The highest BCUT2D eigenvalue weighted by molar-refractivity contribution is 5.52. The van der Waals surface area contributed by atoms with E-state index in [0.717, 1.165) is 54.8 Å². The number of hydrogen-bond acceptors (Lipinski definition) is 5. The Kier molecular flexibility index (Phi) is 3.64. The molecular formula is C14H20N6. The first-order chi connectivity index (χ1) is 9.70. The second kappa shape index (κ2) is 5.58. The molecule has 2 aromatic heterocycles. The molecular weight excluding hydrogens is 252 g/mol. The van der Waals surface area contributed by atoms with Gasteiger partial charge in [0, 0.05) is 29.4 Å². The molecule has 106 valence electrons. The van der Waals surface area contributed by atoms with E-state index in [2.05, 4.69) is 30.8 Å². The second-order valence-corrected chi connectivity index (χ2v) is 5.31. The van der Waals surface area contributed by atoms with Crippen LogP contribution in [0.2, 0.25) is 0 Å². The molecule has 3 heterocycles. The van der Waals surface area contributed by atoms with E-state index in [9.17, 15) is 0 Å². The van der Waals surface area contributed by atoms with Gasteiger partial charge in [0.2, 0.25) is 0 Å². The van der Waals surface area contributed by atoms with Gasteiger partial charge in [-0.05, 0) is 39.8 Å². The average molecular weight is 272 g/mol. The third kappa shape index (κ3) is 2.96. The molecule has 0 spiro atoms. The zero-order chi connectivity index (χ0) is 13.9. The van der Waals surface area contributed by atoms with E-state index in [4.69, 9.17) is 0 Å². The van der Waals surface area contributed by atoms with Crippen molar-refractivity contribution in [3.63, 3.8) is 0 Å². The number of aryl methyl sites for hydroxylation is 2. The maximum Gasteiger partial charge on any atom is 0.153 e. The summed E-state index contributed by atoms with van der Waals surface area (Å²) in [6.45, 7) is 6.04. The topological polar surface area (TPSA) is 78.5 Å². The fraction of sp³-hybridized carbons (Fsp3) is 0.500. The molecule has 0 aromatic carbocycles. The van der Waals surface area contributed by atoms with Gasteiger partial charge in [-0.3, -0.25) is 5.10 Å². The first-order valence-corrected chi connectivity index (χ1v) is 7.06. The molecule has 0 amide bonds. The minimum absolute atomic E-state index is 0.527. The first-order valence-electron chi connectivity index (χ1n) is 7.06. The monoisotopic (exact) mass is 272 g/mol. The lowest BCUT2D eigenvalue weighted by molar-refractivity contribution is 0.452. The number of aromatic nitrogens is 4. The predicted molar refractivity (Wildman–Crippen MR) is 78.2 cm³/mol. The molecule has 6 nitrogen and oxygen atoms in total. The van der Waals surface area contributed by atoms with Gasteiger partial charge in [0.15, 0.2) is 5.82 Å². The van der Waals surface area contributed by atoms with Crippen LogP contribution in [-0.2, 0) is 0 Å². The standard InChI is InChI=1S/C14H20N6/c1-9-7-14(20-19-9)18-13-8-12(16-10(2)17-13)11-3-5-15-6-4-11/h7-8,11,15H,3-6H2,1-2H3,(H2,16,17,18,19,20). The number of H-pyrrole nitrogens is 1. The number of piperidine rings is 1. The molecule has 2 aromatic rings. The number of nitrogens with one attached hydrogen (secondary N) is 3. The molecule has 1 saturated heterocycles. The van der Waals surface area contributed by atoms with E-state index in [1.165, 1.54) is 0 Å². The molecule has 3 N–H and O–H groups in total. The van der Waals surface area contributed by atoms with Crippen LogP contribution in [0.15, 0.2) is 12.1 Å². The maximum atomic E-state index is 4.60. The Morgan fingerprint density at radius 3 is 2.60 bits per heavy atom. The summed E-state index contributed by atoms with van der Waals surface area (Å²) >= 11 is 0. The second-order valence-electron chi connectivity index (χ2n) is 5.31. The Balaban J connectivity index is 1.82. The molecule has 0 unspecified atom stereocenters. The van der Waals surface area contributed by atoms with Crippen molar-refractivity contribution in [1.82, 2.24) is 25.5 Å². The van der Waals surface area contributed by atoms with E-state index in [0.29, 0.717) is 5.92 Å². The van der Waals surface area contributed by atoms with Gasteiger partial charge in [-0.25, -0.2) is 9.97 Å². The fourth-order valence-corrected chi connectivity index (χ4v) is 2.59. The summed E-state index contributed by atoms with van der Waals surface area (Å²) in [5.74, 6) is 2.93. The van der Waals surface area contributed by atoms with E-state index >= 15 is 0 Å². The van der Waals surface area contributed by atoms with Crippen LogP contribution in [0, 0.1) is 13.8 Å². The Labute approximate surface area is 118 Å². The van der Waals surface area contributed by atoms with Gasteiger partial charge in [-0.15, -0.1) is 0 Å². The van der Waals surface area contributed by atoms with Gasteiger partial charge in [-0.2, -0.15) is 5.10 Å².